The maximum atomic E-state index is 12.6. The summed E-state index contributed by atoms with van der Waals surface area (Å²) in [5.74, 6) is 0.441. The van der Waals surface area contributed by atoms with Crippen LogP contribution in [0.2, 0.25) is 0 Å². The molecule has 0 fully saturated rings. The first-order valence-electron chi connectivity index (χ1n) is 8.19. The molecule has 2 aromatic heterocycles. The van der Waals surface area contributed by atoms with Crippen LogP contribution in [0.4, 0.5) is 11.5 Å². The molecule has 8 nitrogen and oxygen atoms in total. The molecule has 2 heterocycles. The molecule has 0 unspecified atom stereocenters. The molecule has 0 aliphatic heterocycles. The van der Waals surface area contributed by atoms with E-state index >= 15 is 0 Å². The number of benzene rings is 1. The van der Waals surface area contributed by atoms with E-state index in [-0.39, 0.29) is 12.5 Å². The number of hydrogen-bond acceptors (Lipinski definition) is 6. The van der Waals surface area contributed by atoms with Gasteiger partial charge in [0, 0.05) is 24.1 Å². The van der Waals surface area contributed by atoms with Crippen LogP contribution in [0.15, 0.2) is 53.3 Å². The number of ether oxygens (including phenoxy) is 1. The molecule has 1 aromatic carbocycles. The van der Waals surface area contributed by atoms with E-state index in [1.165, 1.54) is 0 Å². The van der Waals surface area contributed by atoms with E-state index in [9.17, 15) is 9.59 Å². The lowest BCUT2D eigenvalue weighted by Crippen LogP contribution is -2.22. The smallest absolute Gasteiger partial charge is 0.263 e. The average molecular weight is 366 g/mol. The van der Waals surface area contributed by atoms with Crippen LogP contribution in [0.3, 0.4) is 0 Å². The van der Waals surface area contributed by atoms with Crippen LogP contribution < -0.4 is 15.4 Å². The quantitative estimate of drug-likeness (QED) is 0.695. The molecule has 0 atom stereocenters. The third-order valence-corrected chi connectivity index (χ3v) is 3.57. The SMILES string of the molecule is Cc1ccc(OCC(=O)Nc2cc(C)on2)c(C(=O)Nc2ccncc2)c1. The Morgan fingerprint density at radius 2 is 1.85 bits per heavy atom. The molecule has 0 aliphatic carbocycles. The van der Waals surface area contributed by atoms with Gasteiger partial charge in [-0.2, -0.15) is 0 Å². The van der Waals surface area contributed by atoms with Gasteiger partial charge in [-0.05, 0) is 38.1 Å². The fraction of sp³-hybridized carbons (Fsp3) is 0.158. The number of carbonyl (C=O) groups excluding carboxylic acids is 2. The number of nitrogens with one attached hydrogen (secondary N) is 2. The summed E-state index contributed by atoms with van der Waals surface area (Å²) in [5, 5.41) is 9.01. The lowest BCUT2D eigenvalue weighted by molar-refractivity contribution is -0.118. The normalized spacial score (nSPS) is 10.3. The van der Waals surface area contributed by atoms with Gasteiger partial charge in [-0.3, -0.25) is 14.6 Å². The number of anilines is 2. The lowest BCUT2D eigenvalue weighted by atomic mass is 10.1. The summed E-state index contributed by atoms with van der Waals surface area (Å²) in [4.78, 5) is 28.5. The van der Waals surface area contributed by atoms with Crippen LogP contribution in [0.1, 0.15) is 21.7 Å². The second kappa shape index (κ2) is 8.13. The van der Waals surface area contributed by atoms with E-state index in [1.807, 2.05) is 6.92 Å². The van der Waals surface area contributed by atoms with Crippen LogP contribution in [-0.2, 0) is 4.79 Å². The van der Waals surface area contributed by atoms with Crippen LogP contribution in [0.5, 0.6) is 5.75 Å². The number of rotatable bonds is 6. The average Bonchev–Trinajstić information content (AvgIpc) is 3.06. The fourth-order valence-corrected chi connectivity index (χ4v) is 2.33. The molecule has 138 valence electrons. The molecule has 0 saturated carbocycles. The van der Waals surface area contributed by atoms with Crippen LogP contribution >= 0.6 is 0 Å². The molecule has 2 N–H and O–H groups in total. The van der Waals surface area contributed by atoms with E-state index in [0.717, 1.165) is 5.56 Å². The highest BCUT2D eigenvalue weighted by Gasteiger charge is 2.15. The summed E-state index contributed by atoms with van der Waals surface area (Å²) >= 11 is 0. The van der Waals surface area contributed by atoms with Gasteiger partial charge in [-0.25, -0.2) is 0 Å². The first kappa shape index (κ1) is 18.1. The zero-order valence-electron chi connectivity index (χ0n) is 14.9. The van der Waals surface area contributed by atoms with Crippen molar-refractivity contribution < 1.29 is 18.8 Å². The second-order valence-electron chi connectivity index (χ2n) is 5.85. The maximum Gasteiger partial charge on any atom is 0.263 e. The van der Waals surface area contributed by atoms with Gasteiger partial charge in [0.15, 0.2) is 12.4 Å². The Hall–Kier alpha value is -3.68. The second-order valence-corrected chi connectivity index (χ2v) is 5.85. The van der Waals surface area contributed by atoms with E-state index < -0.39 is 5.91 Å². The van der Waals surface area contributed by atoms with Gasteiger partial charge in [0.25, 0.3) is 11.8 Å². The molecular formula is C19H18N4O4. The zero-order valence-corrected chi connectivity index (χ0v) is 14.9. The van der Waals surface area contributed by atoms with Crippen LogP contribution in [0.25, 0.3) is 0 Å². The number of carbonyl (C=O) groups is 2. The van der Waals surface area contributed by atoms with Crippen molar-refractivity contribution in [2.75, 3.05) is 17.2 Å². The van der Waals surface area contributed by atoms with Gasteiger partial charge in [-0.1, -0.05) is 16.8 Å². The molecule has 3 rings (SSSR count). The van der Waals surface area contributed by atoms with Crippen molar-refractivity contribution in [1.82, 2.24) is 10.1 Å². The molecule has 0 saturated heterocycles. The van der Waals surface area contributed by atoms with Gasteiger partial charge >= 0.3 is 0 Å². The minimum Gasteiger partial charge on any atom is -0.483 e. The summed E-state index contributed by atoms with van der Waals surface area (Å²) in [5.41, 5.74) is 1.84. The predicted octanol–water partition coefficient (Wildman–Crippen LogP) is 2.96. The van der Waals surface area contributed by atoms with Gasteiger partial charge < -0.3 is 19.9 Å². The third kappa shape index (κ3) is 4.91. The number of amides is 2. The van der Waals surface area contributed by atoms with Gasteiger partial charge in [0.05, 0.1) is 5.56 Å². The minimum atomic E-state index is -0.413. The van der Waals surface area contributed by atoms with Crippen molar-refractivity contribution in [3.05, 3.63) is 65.7 Å². The number of aromatic nitrogens is 2. The summed E-state index contributed by atoms with van der Waals surface area (Å²) < 4.78 is 10.4. The standard InChI is InChI=1S/C19H18N4O4/c1-12-3-4-16(26-11-18(24)22-17-10-13(2)27-23-17)15(9-12)19(25)21-14-5-7-20-8-6-14/h3-10H,11H2,1-2H3,(H,20,21,25)(H,22,23,24). The van der Waals surface area contributed by atoms with E-state index in [1.54, 1.807) is 55.7 Å². The van der Waals surface area contributed by atoms with Crippen molar-refractivity contribution >= 4 is 23.3 Å². The molecule has 0 radical (unpaired) electrons. The highest BCUT2D eigenvalue weighted by Crippen LogP contribution is 2.22. The molecule has 0 spiro atoms. The Bertz CT molecular complexity index is 953. The van der Waals surface area contributed by atoms with Crippen molar-refractivity contribution in [2.45, 2.75) is 13.8 Å². The Kier molecular flexibility index (Phi) is 5.46. The molecule has 0 aliphatic rings. The summed E-state index contributed by atoms with van der Waals surface area (Å²) in [6.45, 7) is 3.32. The topological polar surface area (TPSA) is 106 Å². The first-order chi connectivity index (χ1) is 13.0. The monoisotopic (exact) mass is 366 g/mol. The largest absolute Gasteiger partial charge is 0.483 e. The van der Waals surface area contributed by atoms with Gasteiger partial charge in [0.2, 0.25) is 0 Å². The van der Waals surface area contributed by atoms with Crippen LogP contribution in [-0.4, -0.2) is 28.6 Å². The molecular weight excluding hydrogens is 348 g/mol. The predicted molar refractivity (Wildman–Crippen MR) is 98.7 cm³/mol. The van der Waals surface area contributed by atoms with Crippen molar-refractivity contribution in [2.24, 2.45) is 0 Å². The molecule has 8 heteroatoms. The molecule has 3 aromatic rings. The summed E-state index contributed by atoms with van der Waals surface area (Å²) in [6, 6.07) is 10.1. The number of nitrogens with zero attached hydrogens (tertiary/aromatic N) is 2. The van der Waals surface area contributed by atoms with E-state index in [0.29, 0.717) is 28.6 Å². The summed E-state index contributed by atoms with van der Waals surface area (Å²) in [7, 11) is 0. The Labute approximate surface area is 155 Å². The number of pyridine rings is 1. The van der Waals surface area contributed by atoms with Crippen molar-refractivity contribution in [3.63, 3.8) is 0 Å². The fourth-order valence-electron chi connectivity index (χ4n) is 2.33. The van der Waals surface area contributed by atoms with E-state index in [4.69, 9.17) is 9.26 Å². The highest BCUT2D eigenvalue weighted by molar-refractivity contribution is 6.06. The zero-order chi connectivity index (χ0) is 19.2. The van der Waals surface area contributed by atoms with Crippen LogP contribution in [0, 0.1) is 13.8 Å². The lowest BCUT2D eigenvalue weighted by Gasteiger charge is -2.12. The van der Waals surface area contributed by atoms with E-state index in [2.05, 4.69) is 20.8 Å². The number of hydrogen-bond donors (Lipinski definition) is 2. The molecule has 2 amide bonds. The molecule has 27 heavy (non-hydrogen) atoms. The Morgan fingerprint density at radius 1 is 1.07 bits per heavy atom. The number of aryl methyl sites for hydroxylation is 2. The Morgan fingerprint density at radius 3 is 2.56 bits per heavy atom. The minimum absolute atomic E-state index is 0.273. The van der Waals surface area contributed by atoms with Gasteiger partial charge in [0.1, 0.15) is 11.5 Å². The summed E-state index contributed by atoms with van der Waals surface area (Å²) in [6.07, 6.45) is 3.17. The van der Waals surface area contributed by atoms with Crippen molar-refractivity contribution in [1.29, 1.82) is 0 Å². The van der Waals surface area contributed by atoms with Crippen molar-refractivity contribution in [3.8, 4) is 5.75 Å². The first-order valence-corrected chi connectivity index (χ1v) is 8.19. The van der Waals surface area contributed by atoms with Gasteiger partial charge in [-0.15, -0.1) is 0 Å². The molecule has 0 bridgehead atoms. The third-order valence-electron chi connectivity index (χ3n) is 3.57. The maximum absolute atomic E-state index is 12.6. The Balaban J connectivity index is 1.68. The highest BCUT2D eigenvalue weighted by atomic mass is 16.5.